The van der Waals surface area contributed by atoms with Crippen LogP contribution >= 0.6 is 11.3 Å². The molecule has 1 aromatic heterocycles. The van der Waals surface area contributed by atoms with E-state index >= 15 is 0 Å². The zero-order valence-electron chi connectivity index (χ0n) is 14.2. The van der Waals surface area contributed by atoms with Gasteiger partial charge in [0.05, 0.1) is 9.77 Å². The van der Waals surface area contributed by atoms with Crippen molar-refractivity contribution in [3.63, 3.8) is 0 Å². The van der Waals surface area contributed by atoms with E-state index in [1.54, 1.807) is 0 Å². The van der Waals surface area contributed by atoms with Gasteiger partial charge in [-0.2, -0.15) is 0 Å². The molecule has 0 unspecified atom stereocenters. The first kappa shape index (κ1) is 18.3. The molecule has 0 aromatic carbocycles. The lowest BCUT2D eigenvalue weighted by molar-refractivity contribution is -0.129. The number of carbonyl (C=O) groups excluding carboxylic acids is 2. The lowest BCUT2D eigenvalue weighted by Gasteiger charge is -2.24. The minimum absolute atomic E-state index is 0.0000726. The fraction of sp³-hybridized carbons (Fsp3) is 0.625. The average Bonchev–Trinajstić information content (AvgIpc) is 3.32. The molecule has 2 fully saturated rings. The first-order valence-electron chi connectivity index (χ1n) is 8.50. The average molecular weight is 386 g/mol. The van der Waals surface area contributed by atoms with E-state index in [2.05, 4.69) is 10.0 Å². The zero-order valence-corrected chi connectivity index (χ0v) is 15.8. The highest BCUT2D eigenvalue weighted by molar-refractivity contribution is 7.89. The zero-order chi connectivity index (χ0) is 18.0. The van der Waals surface area contributed by atoms with Gasteiger partial charge in [-0.25, -0.2) is 13.1 Å². The van der Waals surface area contributed by atoms with Crippen LogP contribution in [0, 0.1) is 5.92 Å². The molecule has 3 rings (SSSR count). The molecule has 1 aliphatic heterocycles. The highest BCUT2D eigenvalue weighted by atomic mass is 32.2. The van der Waals surface area contributed by atoms with Crippen LogP contribution in [0.2, 0.25) is 0 Å². The summed E-state index contributed by atoms with van der Waals surface area (Å²) in [7, 11) is -2.17. The summed E-state index contributed by atoms with van der Waals surface area (Å²) in [4.78, 5) is 26.1. The van der Waals surface area contributed by atoms with E-state index in [9.17, 15) is 18.0 Å². The van der Waals surface area contributed by atoms with Crippen molar-refractivity contribution in [3.05, 3.63) is 16.3 Å². The van der Waals surface area contributed by atoms with E-state index in [0.717, 1.165) is 37.0 Å². The molecule has 1 atom stereocenters. The Morgan fingerprint density at radius 2 is 2.08 bits per heavy atom. The van der Waals surface area contributed by atoms with Gasteiger partial charge in [0.25, 0.3) is 5.91 Å². The first-order chi connectivity index (χ1) is 11.9. The summed E-state index contributed by atoms with van der Waals surface area (Å²) in [5, 5.41) is 3.93. The van der Waals surface area contributed by atoms with E-state index in [-0.39, 0.29) is 29.2 Å². The Kier molecular flexibility index (Phi) is 5.45. The second-order valence-corrected chi connectivity index (χ2v) is 9.31. The van der Waals surface area contributed by atoms with Gasteiger partial charge in [0, 0.05) is 38.0 Å². The Hall–Kier alpha value is -1.45. The number of likely N-dealkylation sites (tertiary alicyclic amines) is 1. The third kappa shape index (κ3) is 4.04. The molecule has 138 valence electrons. The van der Waals surface area contributed by atoms with Crippen LogP contribution < -0.4 is 10.0 Å². The maximum Gasteiger partial charge on any atom is 0.261 e. The Labute approximate surface area is 151 Å². The van der Waals surface area contributed by atoms with Crippen LogP contribution in [0.15, 0.2) is 16.3 Å². The van der Waals surface area contributed by atoms with E-state index < -0.39 is 10.0 Å². The lowest BCUT2D eigenvalue weighted by atomic mass is 10.1. The molecule has 2 N–H and O–H groups in total. The molecule has 1 aromatic rings. The predicted octanol–water partition coefficient (Wildman–Crippen LogP) is 1.18. The van der Waals surface area contributed by atoms with E-state index in [0.29, 0.717) is 23.9 Å². The molecular weight excluding hydrogens is 362 g/mol. The number of hydrogen-bond donors (Lipinski definition) is 2. The predicted molar refractivity (Wildman–Crippen MR) is 95.0 cm³/mol. The number of amides is 2. The first-order valence-corrected chi connectivity index (χ1v) is 10.9. The molecule has 1 aliphatic carbocycles. The summed E-state index contributed by atoms with van der Waals surface area (Å²) in [6.07, 6.45) is 4.84. The smallest absolute Gasteiger partial charge is 0.261 e. The number of nitrogens with zero attached hydrogens (tertiary/aromatic N) is 1. The fourth-order valence-electron chi connectivity index (χ4n) is 3.53. The van der Waals surface area contributed by atoms with Gasteiger partial charge in [-0.15, -0.1) is 11.3 Å². The molecule has 0 radical (unpaired) electrons. The molecule has 0 bridgehead atoms. The van der Waals surface area contributed by atoms with Gasteiger partial charge in [0.1, 0.15) is 0 Å². The van der Waals surface area contributed by atoms with Crippen molar-refractivity contribution in [1.29, 1.82) is 0 Å². The fourth-order valence-corrected chi connectivity index (χ4v) is 5.86. The van der Waals surface area contributed by atoms with Gasteiger partial charge in [-0.3, -0.25) is 9.59 Å². The topological polar surface area (TPSA) is 95.6 Å². The largest absolute Gasteiger partial charge is 0.354 e. The SMILES string of the molecule is CNC(=O)c1cc(S(=O)(=O)NC[C@H]2CC(=O)N(C3CCCC3)C2)cs1. The third-order valence-electron chi connectivity index (χ3n) is 4.90. The van der Waals surface area contributed by atoms with Crippen molar-refractivity contribution < 1.29 is 18.0 Å². The van der Waals surface area contributed by atoms with Crippen LogP contribution in [-0.2, 0) is 14.8 Å². The molecule has 1 saturated carbocycles. The molecule has 2 heterocycles. The van der Waals surface area contributed by atoms with Crippen LogP contribution in [0.25, 0.3) is 0 Å². The summed E-state index contributed by atoms with van der Waals surface area (Å²) in [6, 6.07) is 1.71. The second kappa shape index (κ2) is 7.43. The van der Waals surface area contributed by atoms with Crippen molar-refractivity contribution in [2.24, 2.45) is 5.92 Å². The Bertz CT molecular complexity index is 753. The van der Waals surface area contributed by atoms with Crippen LogP contribution in [0.4, 0.5) is 0 Å². The van der Waals surface area contributed by atoms with Gasteiger partial charge in [0.15, 0.2) is 0 Å². The van der Waals surface area contributed by atoms with Crippen LogP contribution in [0.3, 0.4) is 0 Å². The highest BCUT2D eigenvalue weighted by Crippen LogP contribution is 2.29. The molecule has 2 aliphatic rings. The number of carbonyl (C=O) groups is 2. The molecule has 1 saturated heterocycles. The normalized spacial score (nSPS) is 21.9. The van der Waals surface area contributed by atoms with Crippen molar-refractivity contribution in [1.82, 2.24) is 14.9 Å². The summed E-state index contributed by atoms with van der Waals surface area (Å²) >= 11 is 1.09. The Morgan fingerprint density at radius 1 is 1.36 bits per heavy atom. The summed E-state index contributed by atoms with van der Waals surface area (Å²) in [6.45, 7) is 0.863. The van der Waals surface area contributed by atoms with E-state index in [1.807, 2.05) is 4.90 Å². The third-order valence-corrected chi connectivity index (χ3v) is 7.38. The standard InChI is InChI=1S/C16H23N3O4S2/c1-17-16(21)14-7-13(10-24-14)25(22,23)18-8-11-6-15(20)19(9-11)12-4-2-3-5-12/h7,10-12,18H,2-6,8-9H2,1H3,(H,17,21)/t11-/m1/s1. The highest BCUT2D eigenvalue weighted by Gasteiger charge is 2.35. The molecule has 0 spiro atoms. The summed E-state index contributed by atoms with van der Waals surface area (Å²) in [5.41, 5.74) is 0. The molecule has 25 heavy (non-hydrogen) atoms. The van der Waals surface area contributed by atoms with E-state index in [1.165, 1.54) is 18.5 Å². The van der Waals surface area contributed by atoms with Crippen molar-refractivity contribution >= 4 is 33.2 Å². The van der Waals surface area contributed by atoms with Crippen molar-refractivity contribution in [2.75, 3.05) is 20.1 Å². The van der Waals surface area contributed by atoms with Crippen LogP contribution in [0.1, 0.15) is 41.8 Å². The van der Waals surface area contributed by atoms with Gasteiger partial charge in [0.2, 0.25) is 15.9 Å². The van der Waals surface area contributed by atoms with E-state index in [4.69, 9.17) is 0 Å². The van der Waals surface area contributed by atoms with Crippen molar-refractivity contribution in [3.8, 4) is 0 Å². The molecule has 9 heteroatoms. The Morgan fingerprint density at radius 3 is 2.76 bits per heavy atom. The van der Waals surface area contributed by atoms with Crippen LogP contribution in [-0.4, -0.2) is 51.3 Å². The maximum absolute atomic E-state index is 12.4. The summed E-state index contributed by atoms with van der Waals surface area (Å²) < 4.78 is 27.4. The van der Waals surface area contributed by atoms with Crippen molar-refractivity contribution in [2.45, 2.75) is 43.0 Å². The Balaban J connectivity index is 1.58. The summed E-state index contributed by atoms with van der Waals surface area (Å²) in [5.74, 6) is -0.173. The van der Waals surface area contributed by atoms with Gasteiger partial charge in [-0.05, 0) is 24.8 Å². The maximum atomic E-state index is 12.4. The number of rotatable bonds is 6. The molecule has 2 amide bonds. The molecule has 7 nitrogen and oxygen atoms in total. The lowest BCUT2D eigenvalue weighted by Crippen LogP contribution is -2.36. The number of hydrogen-bond acceptors (Lipinski definition) is 5. The number of nitrogens with one attached hydrogen (secondary N) is 2. The number of thiophene rings is 1. The second-order valence-electron chi connectivity index (χ2n) is 6.63. The quantitative estimate of drug-likeness (QED) is 0.769. The minimum Gasteiger partial charge on any atom is -0.354 e. The van der Waals surface area contributed by atoms with Crippen LogP contribution in [0.5, 0.6) is 0 Å². The van der Waals surface area contributed by atoms with Gasteiger partial charge in [-0.1, -0.05) is 12.8 Å². The van der Waals surface area contributed by atoms with Gasteiger partial charge < -0.3 is 10.2 Å². The number of sulfonamides is 1. The molecular formula is C16H23N3O4S2. The minimum atomic E-state index is -3.67. The van der Waals surface area contributed by atoms with Gasteiger partial charge >= 0.3 is 0 Å². The monoisotopic (exact) mass is 385 g/mol.